The molecule has 0 bridgehead atoms. The Kier molecular flexibility index (Phi) is 6.24. The van der Waals surface area contributed by atoms with E-state index in [-0.39, 0.29) is 0 Å². The van der Waals surface area contributed by atoms with Crippen molar-refractivity contribution in [2.75, 3.05) is 12.5 Å². The molecule has 0 heterocycles. The molecule has 0 radical (unpaired) electrons. The van der Waals surface area contributed by atoms with E-state index in [0.29, 0.717) is 12.5 Å². The quantitative estimate of drug-likeness (QED) is 0.337. The Balaban J connectivity index is 2.37. The monoisotopic (exact) mass is 316 g/mol. The lowest BCUT2D eigenvalue weighted by Crippen LogP contribution is -2.06. The number of hydrogen-bond acceptors (Lipinski definition) is 1. The van der Waals surface area contributed by atoms with E-state index in [2.05, 4.69) is 68.5 Å². The molecule has 0 fully saturated rings. The van der Waals surface area contributed by atoms with Crippen LogP contribution in [0.1, 0.15) is 22.3 Å². The fraction of sp³-hybridized carbons (Fsp3) is 0.222. The molecule has 0 aliphatic rings. The standard InChI is InChI=1S/C18H21ClOSi/c1-14-7-3-5-9-16(14)13-18(21-20-12-11-19)17-10-6-4-8-15(17)2/h3-10,13H,11-12,21H2,1-2H3. The third-order valence-corrected chi connectivity index (χ3v) is 5.03. The molecule has 2 aromatic rings. The van der Waals surface area contributed by atoms with Crippen molar-refractivity contribution >= 4 is 32.6 Å². The van der Waals surface area contributed by atoms with Crippen LogP contribution in [0.3, 0.4) is 0 Å². The van der Waals surface area contributed by atoms with Crippen molar-refractivity contribution < 1.29 is 4.43 Å². The number of hydrogen-bond donors (Lipinski definition) is 0. The summed E-state index contributed by atoms with van der Waals surface area (Å²) < 4.78 is 5.81. The molecule has 3 heteroatoms. The molecule has 1 nitrogen and oxygen atoms in total. The highest BCUT2D eigenvalue weighted by molar-refractivity contribution is 6.57. The van der Waals surface area contributed by atoms with Crippen LogP contribution in [0.5, 0.6) is 0 Å². The van der Waals surface area contributed by atoms with Gasteiger partial charge in [-0.2, -0.15) is 0 Å². The van der Waals surface area contributed by atoms with E-state index in [4.69, 9.17) is 16.0 Å². The Bertz CT molecular complexity index is 622. The van der Waals surface area contributed by atoms with Crippen LogP contribution in [-0.2, 0) is 4.43 Å². The zero-order chi connectivity index (χ0) is 15.1. The zero-order valence-electron chi connectivity index (χ0n) is 12.6. The van der Waals surface area contributed by atoms with E-state index < -0.39 is 9.76 Å². The van der Waals surface area contributed by atoms with Crippen molar-refractivity contribution in [1.29, 1.82) is 0 Å². The molecule has 0 unspecified atom stereocenters. The largest absolute Gasteiger partial charge is 0.417 e. The summed E-state index contributed by atoms with van der Waals surface area (Å²) in [6.45, 7) is 4.92. The Morgan fingerprint density at radius 2 is 1.71 bits per heavy atom. The van der Waals surface area contributed by atoms with E-state index in [1.807, 2.05) is 0 Å². The molecule has 110 valence electrons. The van der Waals surface area contributed by atoms with Crippen LogP contribution in [-0.4, -0.2) is 22.3 Å². The first-order chi connectivity index (χ1) is 10.2. The second kappa shape index (κ2) is 8.18. The van der Waals surface area contributed by atoms with Gasteiger partial charge in [0.05, 0.1) is 0 Å². The lowest BCUT2D eigenvalue weighted by molar-refractivity contribution is 0.370. The number of rotatable bonds is 6. The minimum Gasteiger partial charge on any atom is -0.417 e. The first-order valence-corrected chi connectivity index (χ1v) is 9.00. The summed E-state index contributed by atoms with van der Waals surface area (Å²) in [5.74, 6) is 0.554. The van der Waals surface area contributed by atoms with Crippen LogP contribution in [0.2, 0.25) is 0 Å². The van der Waals surface area contributed by atoms with Crippen LogP contribution in [0.4, 0.5) is 0 Å². The van der Waals surface area contributed by atoms with Gasteiger partial charge in [0, 0.05) is 12.5 Å². The average Bonchev–Trinajstić information content (AvgIpc) is 2.49. The van der Waals surface area contributed by atoms with Crippen molar-refractivity contribution in [3.63, 3.8) is 0 Å². The van der Waals surface area contributed by atoms with Crippen LogP contribution < -0.4 is 0 Å². The average molecular weight is 317 g/mol. The van der Waals surface area contributed by atoms with E-state index in [9.17, 15) is 0 Å². The maximum Gasteiger partial charge on any atom is 0.192 e. The van der Waals surface area contributed by atoms with Gasteiger partial charge in [0.25, 0.3) is 0 Å². The summed E-state index contributed by atoms with van der Waals surface area (Å²) >= 11 is 5.73. The Morgan fingerprint density at radius 1 is 1.05 bits per heavy atom. The van der Waals surface area contributed by atoms with Crippen LogP contribution in [0.15, 0.2) is 48.5 Å². The van der Waals surface area contributed by atoms with Crippen LogP contribution in [0, 0.1) is 13.8 Å². The van der Waals surface area contributed by atoms with Crippen molar-refractivity contribution in [3.05, 3.63) is 70.8 Å². The summed E-state index contributed by atoms with van der Waals surface area (Å²) in [7, 11) is -0.789. The van der Waals surface area contributed by atoms with Gasteiger partial charge >= 0.3 is 0 Å². The highest BCUT2D eigenvalue weighted by Crippen LogP contribution is 2.22. The van der Waals surface area contributed by atoms with Crippen LogP contribution in [0.25, 0.3) is 11.3 Å². The summed E-state index contributed by atoms with van der Waals surface area (Å²) in [5.41, 5.74) is 5.13. The molecule has 0 aliphatic heterocycles. The Morgan fingerprint density at radius 3 is 2.38 bits per heavy atom. The highest BCUT2D eigenvalue weighted by atomic mass is 35.5. The molecule has 21 heavy (non-hydrogen) atoms. The smallest absolute Gasteiger partial charge is 0.192 e. The van der Waals surface area contributed by atoms with E-state index >= 15 is 0 Å². The number of benzene rings is 2. The zero-order valence-corrected chi connectivity index (χ0v) is 14.8. The fourth-order valence-corrected chi connectivity index (χ4v) is 3.96. The summed E-state index contributed by atoms with van der Waals surface area (Å²) in [4.78, 5) is 0. The van der Waals surface area contributed by atoms with Gasteiger partial charge in [-0.05, 0) is 41.3 Å². The fourth-order valence-electron chi connectivity index (χ4n) is 2.30. The van der Waals surface area contributed by atoms with Crippen molar-refractivity contribution in [2.24, 2.45) is 0 Å². The van der Waals surface area contributed by atoms with Gasteiger partial charge in [-0.15, -0.1) is 11.6 Å². The topological polar surface area (TPSA) is 9.23 Å². The molecule has 0 saturated heterocycles. The first kappa shape index (κ1) is 16.0. The second-order valence-electron chi connectivity index (χ2n) is 5.08. The van der Waals surface area contributed by atoms with Crippen LogP contribution >= 0.6 is 11.6 Å². The Hall–Kier alpha value is -1.35. The first-order valence-electron chi connectivity index (χ1n) is 7.18. The van der Waals surface area contributed by atoms with Gasteiger partial charge in [-0.3, -0.25) is 0 Å². The minimum atomic E-state index is -0.789. The number of halogens is 1. The third kappa shape index (κ3) is 4.56. The number of aryl methyl sites for hydroxylation is 2. The van der Waals surface area contributed by atoms with Crippen molar-refractivity contribution in [1.82, 2.24) is 0 Å². The molecule has 0 aliphatic carbocycles. The predicted octanol–water partition coefficient (Wildman–Crippen LogP) is 4.14. The van der Waals surface area contributed by atoms with Gasteiger partial charge < -0.3 is 4.43 Å². The number of alkyl halides is 1. The third-order valence-electron chi connectivity index (χ3n) is 3.49. The molecule has 0 aromatic heterocycles. The van der Waals surface area contributed by atoms with E-state index in [0.717, 1.165) is 0 Å². The van der Waals surface area contributed by atoms with Gasteiger partial charge in [-0.25, -0.2) is 0 Å². The molecule has 0 saturated carbocycles. The van der Waals surface area contributed by atoms with Crippen molar-refractivity contribution in [2.45, 2.75) is 13.8 Å². The van der Waals surface area contributed by atoms with Gasteiger partial charge in [-0.1, -0.05) is 54.6 Å². The minimum absolute atomic E-state index is 0.554. The normalized spacial score (nSPS) is 12.2. The second-order valence-corrected chi connectivity index (χ2v) is 6.92. The summed E-state index contributed by atoms with van der Waals surface area (Å²) in [5, 5.41) is 1.33. The van der Waals surface area contributed by atoms with Gasteiger partial charge in [0.1, 0.15) is 0 Å². The molecule has 0 N–H and O–H groups in total. The van der Waals surface area contributed by atoms with Crippen molar-refractivity contribution in [3.8, 4) is 0 Å². The molecule has 2 aromatic carbocycles. The van der Waals surface area contributed by atoms with E-state index in [1.165, 1.54) is 27.5 Å². The Labute approximate surface area is 134 Å². The molecule has 0 atom stereocenters. The van der Waals surface area contributed by atoms with Gasteiger partial charge in [0.15, 0.2) is 9.76 Å². The highest BCUT2D eigenvalue weighted by Gasteiger charge is 2.07. The molecule has 2 rings (SSSR count). The molecular weight excluding hydrogens is 296 g/mol. The lowest BCUT2D eigenvalue weighted by atomic mass is 10.0. The molecular formula is C18H21ClOSi. The molecule has 0 amide bonds. The summed E-state index contributed by atoms with van der Waals surface area (Å²) in [6.07, 6.45) is 2.28. The van der Waals surface area contributed by atoms with Gasteiger partial charge in [0.2, 0.25) is 0 Å². The lowest BCUT2D eigenvalue weighted by Gasteiger charge is -2.12. The van der Waals surface area contributed by atoms with E-state index in [1.54, 1.807) is 0 Å². The SMILES string of the molecule is Cc1ccccc1C=C([SiH2]OCCCl)c1ccccc1C. The predicted molar refractivity (Wildman–Crippen MR) is 95.4 cm³/mol. The molecule has 0 spiro atoms. The maximum atomic E-state index is 5.81. The maximum absolute atomic E-state index is 5.81. The summed E-state index contributed by atoms with van der Waals surface area (Å²) in [6, 6.07) is 16.9.